The molecule has 2 N–H and O–H groups in total. The summed E-state index contributed by atoms with van der Waals surface area (Å²) in [5.74, 6) is -0.224. The van der Waals surface area contributed by atoms with Crippen molar-refractivity contribution < 1.29 is 14.7 Å². The summed E-state index contributed by atoms with van der Waals surface area (Å²) in [5, 5.41) is 11.4. The molecule has 1 amide bonds. The lowest BCUT2D eigenvalue weighted by atomic mass is 10.2. The summed E-state index contributed by atoms with van der Waals surface area (Å²) in [4.78, 5) is 21.8. The van der Waals surface area contributed by atoms with Gasteiger partial charge in [0.1, 0.15) is 6.04 Å². The van der Waals surface area contributed by atoms with E-state index in [0.29, 0.717) is 5.75 Å². The monoisotopic (exact) mass is 379 g/mol. The molecule has 0 saturated heterocycles. The standard InChI is InChI=1S/C12H14INO3S/c1-8(15)14-11(12(16)17)7-18-6-9-3-2-4-10(13)5-9/h2-5,11H,6-7H2,1H3,(H,14,15)(H,16,17). The molecule has 0 spiro atoms. The number of thioether (sulfide) groups is 1. The first-order valence-electron chi connectivity index (χ1n) is 5.31. The third-order valence-corrected chi connectivity index (χ3v) is 3.90. The van der Waals surface area contributed by atoms with Crippen LogP contribution in [0.3, 0.4) is 0 Å². The van der Waals surface area contributed by atoms with Gasteiger partial charge in [0.15, 0.2) is 0 Å². The van der Waals surface area contributed by atoms with Gasteiger partial charge in [-0.1, -0.05) is 12.1 Å². The van der Waals surface area contributed by atoms with Gasteiger partial charge in [0.05, 0.1) is 0 Å². The Morgan fingerprint density at radius 2 is 2.22 bits per heavy atom. The fraction of sp³-hybridized carbons (Fsp3) is 0.333. The van der Waals surface area contributed by atoms with E-state index < -0.39 is 12.0 Å². The van der Waals surface area contributed by atoms with Crippen molar-refractivity contribution in [1.29, 1.82) is 0 Å². The van der Waals surface area contributed by atoms with E-state index in [0.717, 1.165) is 14.9 Å². The smallest absolute Gasteiger partial charge is 0.327 e. The Labute approximate surface area is 124 Å². The third-order valence-electron chi connectivity index (χ3n) is 2.12. The number of hydrogen-bond acceptors (Lipinski definition) is 3. The molecule has 98 valence electrons. The molecule has 1 aromatic rings. The van der Waals surface area contributed by atoms with Gasteiger partial charge in [0.25, 0.3) is 0 Å². The number of halogens is 1. The van der Waals surface area contributed by atoms with Crippen LogP contribution in [0.1, 0.15) is 12.5 Å². The summed E-state index contributed by atoms with van der Waals surface area (Å²) < 4.78 is 1.15. The van der Waals surface area contributed by atoms with Gasteiger partial charge in [-0.15, -0.1) is 0 Å². The maximum absolute atomic E-state index is 10.9. The molecule has 0 radical (unpaired) electrons. The zero-order valence-corrected chi connectivity index (χ0v) is 12.8. The predicted molar refractivity (Wildman–Crippen MR) is 80.6 cm³/mol. The van der Waals surface area contributed by atoms with Crippen LogP contribution >= 0.6 is 34.4 Å². The highest BCUT2D eigenvalue weighted by Gasteiger charge is 2.17. The van der Waals surface area contributed by atoms with Crippen molar-refractivity contribution in [2.45, 2.75) is 18.7 Å². The number of nitrogens with one attached hydrogen (secondary N) is 1. The maximum atomic E-state index is 10.9. The van der Waals surface area contributed by atoms with Gasteiger partial charge >= 0.3 is 5.97 Å². The summed E-state index contributed by atoms with van der Waals surface area (Å²) in [6.07, 6.45) is 0. The first kappa shape index (κ1) is 15.3. The molecule has 0 saturated carbocycles. The normalized spacial score (nSPS) is 11.9. The van der Waals surface area contributed by atoms with Crippen molar-refractivity contribution in [3.63, 3.8) is 0 Å². The maximum Gasteiger partial charge on any atom is 0.327 e. The second-order valence-electron chi connectivity index (χ2n) is 3.74. The summed E-state index contributed by atoms with van der Waals surface area (Å²) in [7, 11) is 0. The predicted octanol–water partition coefficient (Wildman–Crippen LogP) is 2.11. The molecule has 0 heterocycles. The van der Waals surface area contributed by atoms with Gasteiger partial charge < -0.3 is 10.4 Å². The molecule has 0 aromatic heterocycles. The van der Waals surface area contributed by atoms with E-state index in [-0.39, 0.29) is 5.91 Å². The van der Waals surface area contributed by atoms with Crippen LogP contribution in [0.15, 0.2) is 24.3 Å². The number of benzene rings is 1. The SMILES string of the molecule is CC(=O)NC(CSCc1cccc(I)c1)C(=O)O. The van der Waals surface area contributed by atoms with Crippen molar-refractivity contribution in [2.75, 3.05) is 5.75 Å². The van der Waals surface area contributed by atoms with Gasteiger partial charge in [-0.05, 0) is 40.3 Å². The molecule has 0 bridgehead atoms. The average Bonchev–Trinajstić information content (AvgIpc) is 2.27. The number of hydrogen-bond donors (Lipinski definition) is 2. The Balaban J connectivity index is 2.43. The van der Waals surface area contributed by atoms with Crippen molar-refractivity contribution in [1.82, 2.24) is 5.32 Å². The van der Waals surface area contributed by atoms with Crippen LogP contribution in [0.2, 0.25) is 0 Å². The minimum Gasteiger partial charge on any atom is -0.480 e. The molecular formula is C12H14INO3S. The first-order chi connectivity index (χ1) is 8.49. The Hall–Kier alpha value is -0.760. The lowest BCUT2D eigenvalue weighted by Crippen LogP contribution is -2.41. The van der Waals surface area contributed by atoms with Crippen molar-refractivity contribution in [2.24, 2.45) is 0 Å². The Bertz CT molecular complexity index is 439. The van der Waals surface area contributed by atoms with E-state index in [9.17, 15) is 9.59 Å². The number of carboxylic acid groups (broad SMARTS) is 1. The van der Waals surface area contributed by atoms with Crippen LogP contribution in [0.25, 0.3) is 0 Å². The molecule has 0 aliphatic rings. The molecule has 4 nitrogen and oxygen atoms in total. The van der Waals surface area contributed by atoms with Gasteiger partial charge in [0, 0.05) is 22.0 Å². The van der Waals surface area contributed by atoms with E-state index in [2.05, 4.69) is 34.0 Å². The summed E-state index contributed by atoms with van der Waals surface area (Å²) in [6.45, 7) is 1.32. The highest BCUT2D eigenvalue weighted by Crippen LogP contribution is 2.15. The molecule has 0 aliphatic carbocycles. The zero-order chi connectivity index (χ0) is 13.5. The molecule has 0 fully saturated rings. The van der Waals surface area contributed by atoms with Crippen LogP contribution < -0.4 is 5.32 Å². The Kier molecular flexibility index (Phi) is 6.48. The van der Waals surface area contributed by atoms with Crippen molar-refractivity contribution in [3.8, 4) is 0 Å². The molecule has 0 aliphatic heterocycles. The van der Waals surface area contributed by atoms with Crippen LogP contribution in [0.4, 0.5) is 0 Å². The van der Waals surface area contributed by atoms with Crippen LogP contribution in [-0.4, -0.2) is 28.8 Å². The van der Waals surface area contributed by atoms with Gasteiger partial charge in [0.2, 0.25) is 5.91 Å². The highest BCUT2D eigenvalue weighted by molar-refractivity contribution is 14.1. The van der Waals surface area contributed by atoms with Gasteiger partial charge in [-0.25, -0.2) is 4.79 Å². The topological polar surface area (TPSA) is 66.4 Å². The van der Waals surface area contributed by atoms with Crippen molar-refractivity contribution >= 4 is 46.2 Å². The van der Waals surface area contributed by atoms with E-state index in [1.807, 2.05) is 18.2 Å². The van der Waals surface area contributed by atoms with E-state index in [1.165, 1.54) is 18.7 Å². The third kappa shape index (κ3) is 5.72. The number of carbonyl (C=O) groups is 2. The largest absolute Gasteiger partial charge is 0.480 e. The van der Waals surface area contributed by atoms with E-state index >= 15 is 0 Å². The van der Waals surface area contributed by atoms with Crippen molar-refractivity contribution in [3.05, 3.63) is 33.4 Å². The van der Waals surface area contributed by atoms with E-state index in [1.54, 1.807) is 0 Å². The molecular weight excluding hydrogens is 365 g/mol. The summed E-state index contributed by atoms with van der Waals surface area (Å²) >= 11 is 3.73. The molecule has 18 heavy (non-hydrogen) atoms. The zero-order valence-electron chi connectivity index (χ0n) is 9.85. The molecule has 1 atom stereocenters. The number of rotatable bonds is 6. The average molecular weight is 379 g/mol. The molecule has 1 aromatic carbocycles. The highest BCUT2D eigenvalue weighted by atomic mass is 127. The minimum atomic E-state index is -1.000. The molecule has 1 unspecified atom stereocenters. The number of carbonyl (C=O) groups excluding carboxylic acids is 1. The molecule has 6 heteroatoms. The molecule has 1 rings (SSSR count). The first-order valence-corrected chi connectivity index (χ1v) is 7.54. The van der Waals surface area contributed by atoms with Crippen LogP contribution in [0.5, 0.6) is 0 Å². The fourth-order valence-corrected chi connectivity index (χ4v) is 2.94. The minimum absolute atomic E-state index is 0.322. The van der Waals surface area contributed by atoms with Gasteiger partial charge in [-0.3, -0.25) is 4.79 Å². The Morgan fingerprint density at radius 1 is 1.50 bits per heavy atom. The Morgan fingerprint density at radius 3 is 2.78 bits per heavy atom. The quantitative estimate of drug-likeness (QED) is 0.744. The lowest BCUT2D eigenvalue weighted by molar-refractivity contribution is -0.140. The number of amides is 1. The second kappa shape index (κ2) is 7.63. The van der Waals surface area contributed by atoms with Gasteiger partial charge in [-0.2, -0.15) is 11.8 Å². The second-order valence-corrected chi connectivity index (χ2v) is 6.01. The fourth-order valence-electron chi connectivity index (χ4n) is 1.34. The number of aliphatic carboxylic acids is 1. The number of carboxylic acids is 1. The lowest BCUT2D eigenvalue weighted by Gasteiger charge is -2.12. The van der Waals surface area contributed by atoms with Crippen LogP contribution in [0, 0.1) is 3.57 Å². The summed E-state index contributed by atoms with van der Waals surface area (Å²) in [6, 6.07) is 7.22. The van der Waals surface area contributed by atoms with Crippen LogP contribution in [-0.2, 0) is 15.3 Å². The summed E-state index contributed by atoms with van der Waals surface area (Å²) in [5.41, 5.74) is 1.15. The van der Waals surface area contributed by atoms with E-state index in [4.69, 9.17) is 5.11 Å².